The highest BCUT2D eigenvalue weighted by Crippen LogP contribution is 2.23. The van der Waals surface area contributed by atoms with Crippen LogP contribution < -0.4 is 5.32 Å². The first-order valence-corrected chi connectivity index (χ1v) is 8.91. The lowest BCUT2D eigenvalue weighted by Crippen LogP contribution is -2.32. The summed E-state index contributed by atoms with van der Waals surface area (Å²) in [6.45, 7) is 4.41. The molecule has 5 heteroatoms. The number of amides is 1. The molecule has 1 N–H and O–H groups in total. The molecule has 2 heterocycles. The molecule has 1 aromatic carbocycles. The fraction of sp³-hybridized carbons (Fsp3) is 0.450. The van der Waals surface area contributed by atoms with Gasteiger partial charge >= 0.3 is 0 Å². The number of carbonyl (C=O) groups is 1. The topological polar surface area (TPSA) is 40.5 Å². The predicted octanol–water partition coefficient (Wildman–Crippen LogP) is 1.87. The van der Waals surface area contributed by atoms with Crippen molar-refractivity contribution in [2.75, 3.05) is 33.7 Å². The molecular formula is C20H28N4O. The molecule has 0 bridgehead atoms. The number of aromatic nitrogens is 1. The van der Waals surface area contributed by atoms with E-state index in [0.717, 1.165) is 38.3 Å². The molecule has 0 radical (unpaired) electrons. The van der Waals surface area contributed by atoms with E-state index in [1.54, 1.807) is 0 Å². The van der Waals surface area contributed by atoms with Gasteiger partial charge in [0.15, 0.2) is 0 Å². The van der Waals surface area contributed by atoms with E-state index in [-0.39, 0.29) is 5.91 Å². The standard InChI is InChI=1S/C20H28N4O/c1-22(2)12-10-21-20(25)19-13-17-15-24(11-9-18(17)23(19)3)14-16-7-5-4-6-8-16/h4-8,13H,9-12,14-15H2,1-3H3,(H,21,25). The van der Waals surface area contributed by atoms with Crippen LogP contribution in [0.25, 0.3) is 0 Å². The molecule has 1 aliphatic heterocycles. The predicted molar refractivity (Wildman–Crippen MR) is 101 cm³/mol. The largest absolute Gasteiger partial charge is 0.349 e. The SMILES string of the molecule is CN(C)CCNC(=O)c1cc2c(n1C)CCN(Cc1ccccc1)C2. The molecule has 0 spiro atoms. The van der Waals surface area contributed by atoms with Gasteiger partial charge in [0.05, 0.1) is 0 Å². The Balaban J connectivity index is 1.66. The summed E-state index contributed by atoms with van der Waals surface area (Å²) in [6, 6.07) is 12.6. The van der Waals surface area contributed by atoms with E-state index < -0.39 is 0 Å². The molecule has 0 saturated heterocycles. The maximum Gasteiger partial charge on any atom is 0.267 e. The van der Waals surface area contributed by atoms with Crippen LogP contribution in [0.4, 0.5) is 0 Å². The maximum absolute atomic E-state index is 12.5. The van der Waals surface area contributed by atoms with E-state index in [9.17, 15) is 4.79 Å². The van der Waals surface area contributed by atoms with Crippen molar-refractivity contribution in [3.63, 3.8) is 0 Å². The van der Waals surface area contributed by atoms with Crippen molar-refractivity contribution in [1.29, 1.82) is 0 Å². The molecular weight excluding hydrogens is 312 g/mol. The number of rotatable bonds is 6. The Morgan fingerprint density at radius 1 is 1.24 bits per heavy atom. The third-order valence-corrected chi connectivity index (χ3v) is 4.83. The van der Waals surface area contributed by atoms with Gasteiger partial charge in [-0.25, -0.2) is 0 Å². The van der Waals surface area contributed by atoms with Gasteiger partial charge in [-0.3, -0.25) is 9.69 Å². The molecule has 25 heavy (non-hydrogen) atoms. The Bertz CT molecular complexity index is 721. The number of hydrogen-bond donors (Lipinski definition) is 1. The molecule has 134 valence electrons. The van der Waals surface area contributed by atoms with Gasteiger partial charge in [-0.15, -0.1) is 0 Å². The van der Waals surface area contributed by atoms with Crippen LogP contribution in [0.15, 0.2) is 36.4 Å². The molecule has 0 fully saturated rings. The number of hydrogen-bond acceptors (Lipinski definition) is 3. The van der Waals surface area contributed by atoms with Gasteiger partial charge in [0.1, 0.15) is 5.69 Å². The molecule has 1 aromatic heterocycles. The van der Waals surface area contributed by atoms with Crippen LogP contribution in [0.2, 0.25) is 0 Å². The first-order chi connectivity index (χ1) is 12.0. The summed E-state index contributed by atoms with van der Waals surface area (Å²) in [5.74, 6) is 0.0216. The van der Waals surface area contributed by atoms with Crippen molar-refractivity contribution in [3.8, 4) is 0 Å². The monoisotopic (exact) mass is 340 g/mol. The van der Waals surface area contributed by atoms with E-state index >= 15 is 0 Å². The minimum Gasteiger partial charge on any atom is -0.349 e. The molecule has 1 amide bonds. The lowest BCUT2D eigenvalue weighted by molar-refractivity contribution is 0.0942. The molecule has 5 nitrogen and oxygen atoms in total. The number of nitrogens with one attached hydrogen (secondary N) is 1. The highest BCUT2D eigenvalue weighted by molar-refractivity contribution is 5.93. The number of nitrogens with zero attached hydrogens (tertiary/aromatic N) is 3. The van der Waals surface area contributed by atoms with Crippen LogP contribution in [0, 0.1) is 0 Å². The Labute approximate surface area is 150 Å². The number of benzene rings is 1. The van der Waals surface area contributed by atoms with E-state index in [4.69, 9.17) is 0 Å². The zero-order valence-electron chi connectivity index (χ0n) is 15.5. The van der Waals surface area contributed by atoms with Crippen LogP contribution in [-0.4, -0.2) is 54.0 Å². The molecule has 0 atom stereocenters. The van der Waals surface area contributed by atoms with Crippen LogP contribution in [-0.2, 0) is 26.6 Å². The van der Waals surface area contributed by atoms with Crippen molar-refractivity contribution in [2.45, 2.75) is 19.5 Å². The average molecular weight is 340 g/mol. The quantitative estimate of drug-likeness (QED) is 0.873. The van der Waals surface area contributed by atoms with Crippen molar-refractivity contribution >= 4 is 5.91 Å². The third-order valence-electron chi connectivity index (χ3n) is 4.83. The van der Waals surface area contributed by atoms with Gasteiger partial charge in [0.25, 0.3) is 5.91 Å². The van der Waals surface area contributed by atoms with Gasteiger partial charge in [0.2, 0.25) is 0 Å². The molecule has 3 rings (SSSR count). The van der Waals surface area contributed by atoms with Gasteiger partial charge in [-0.2, -0.15) is 0 Å². The first kappa shape index (κ1) is 17.7. The Morgan fingerprint density at radius 2 is 2.00 bits per heavy atom. The average Bonchev–Trinajstić information content (AvgIpc) is 2.92. The lowest BCUT2D eigenvalue weighted by Gasteiger charge is -2.27. The number of likely N-dealkylation sites (N-methyl/N-ethyl adjacent to an activating group) is 1. The second-order valence-electron chi connectivity index (χ2n) is 7.07. The second-order valence-corrected chi connectivity index (χ2v) is 7.07. The van der Waals surface area contributed by atoms with Crippen LogP contribution in [0.3, 0.4) is 0 Å². The smallest absolute Gasteiger partial charge is 0.267 e. The molecule has 0 saturated carbocycles. The van der Waals surface area contributed by atoms with Crippen LogP contribution in [0.5, 0.6) is 0 Å². The summed E-state index contributed by atoms with van der Waals surface area (Å²) in [5, 5.41) is 3.02. The lowest BCUT2D eigenvalue weighted by atomic mass is 10.1. The highest BCUT2D eigenvalue weighted by Gasteiger charge is 2.23. The zero-order valence-corrected chi connectivity index (χ0v) is 15.5. The number of fused-ring (bicyclic) bond motifs is 1. The second kappa shape index (κ2) is 7.85. The maximum atomic E-state index is 12.5. The molecule has 1 aliphatic rings. The van der Waals surface area contributed by atoms with Gasteiger partial charge in [0, 0.05) is 51.9 Å². The summed E-state index contributed by atoms with van der Waals surface area (Å²) in [5.41, 5.74) is 4.68. The van der Waals surface area contributed by atoms with E-state index in [1.807, 2.05) is 21.1 Å². The summed E-state index contributed by atoms with van der Waals surface area (Å²) in [6.07, 6.45) is 0.990. The fourth-order valence-corrected chi connectivity index (χ4v) is 3.43. The minimum atomic E-state index is 0.0216. The summed E-state index contributed by atoms with van der Waals surface area (Å²) in [7, 11) is 6.02. The third kappa shape index (κ3) is 4.30. The first-order valence-electron chi connectivity index (χ1n) is 8.91. The van der Waals surface area contributed by atoms with Gasteiger partial charge in [-0.05, 0) is 31.3 Å². The van der Waals surface area contributed by atoms with Gasteiger partial charge in [-0.1, -0.05) is 30.3 Å². The fourth-order valence-electron chi connectivity index (χ4n) is 3.43. The van der Waals surface area contributed by atoms with Crippen molar-refractivity contribution in [2.24, 2.45) is 7.05 Å². The van der Waals surface area contributed by atoms with Crippen LogP contribution in [0.1, 0.15) is 27.3 Å². The Morgan fingerprint density at radius 3 is 2.72 bits per heavy atom. The van der Waals surface area contributed by atoms with E-state index in [0.29, 0.717) is 6.54 Å². The normalized spacial score (nSPS) is 14.6. The molecule has 0 unspecified atom stereocenters. The van der Waals surface area contributed by atoms with Gasteiger partial charge < -0.3 is 14.8 Å². The van der Waals surface area contributed by atoms with E-state index in [2.05, 4.69) is 56.1 Å². The zero-order chi connectivity index (χ0) is 17.8. The minimum absolute atomic E-state index is 0.0216. The van der Waals surface area contributed by atoms with Crippen molar-refractivity contribution in [3.05, 3.63) is 58.9 Å². The molecule has 0 aliphatic carbocycles. The molecule has 2 aromatic rings. The van der Waals surface area contributed by atoms with E-state index in [1.165, 1.54) is 16.8 Å². The number of carbonyl (C=O) groups excluding carboxylic acids is 1. The summed E-state index contributed by atoms with van der Waals surface area (Å²) in [4.78, 5) is 17.0. The Hall–Kier alpha value is -2.11. The van der Waals surface area contributed by atoms with Crippen molar-refractivity contribution < 1.29 is 4.79 Å². The Kier molecular flexibility index (Phi) is 5.56. The van der Waals surface area contributed by atoms with Crippen molar-refractivity contribution in [1.82, 2.24) is 19.7 Å². The summed E-state index contributed by atoms with van der Waals surface area (Å²) < 4.78 is 2.07. The highest BCUT2D eigenvalue weighted by atomic mass is 16.1. The summed E-state index contributed by atoms with van der Waals surface area (Å²) >= 11 is 0. The van der Waals surface area contributed by atoms with Crippen LogP contribution >= 0.6 is 0 Å².